The molecule has 0 radical (unpaired) electrons. The van der Waals surface area contributed by atoms with E-state index in [1.54, 1.807) is 56.3 Å². The fourth-order valence-corrected chi connectivity index (χ4v) is 3.04. The van der Waals surface area contributed by atoms with Gasteiger partial charge in [-0.15, -0.1) is 0 Å². The van der Waals surface area contributed by atoms with Crippen molar-refractivity contribution in [1.29, 1.82) is 0 Å². The van der Waals surface area contributed by atoms with Gasteiger partial charge in [-0.1, -0.05) is 38.1 Å². The minimum atomic E-state index is -0.897. The summed E-state index contributed by atoms with van der Waals surface area (Å²) < 4.78 is 32.5. The normalized spacial score (nSPS) is 11.9. The van der Waals surface area contributed by atoms with Crippen molar-refractivity contribution in [3.8, 4) is 5.75 Å². The lowest BCUT2D eigenvalue weighted by Gasteiger charge is -2.20. The Morgan fingerprint density at radius 3 is 2.29 bits per heavy atom. The standard InChI is InChI=1S/C26H25F2N3O3/c1-17(2)24(30-25(32)22-5-3-4-6-23(22)28)26(33)31-29-15-18-9-13-21(14-10-18)34-16-19-7-11-20(27)12-8-19/h3-15,17,24H,16H2,1-2H3,(H,30,32)(H,31,33)/b29-15+. The van der Waals surface area contributed by atoms with Crippen LogP contribution in [0.25, 0.3) is 0 Å². The maximum absolute atomic E-state index is 13.9. The second-order valence-electron chi connectivity index (χ2n) is 7.89. The van der Waals surface area contributed by atoms with Gasteiger partial charge >= 0.3 is 0 Å². The molecule has 3 aromatic carbocycles. The van der Waals surface area contributed by atoms with Crippen LogP contribution in [0.3, 0.4) is 0 Å². The Morgan fingerprint density at radius 2 is 1.65 bits per heavy atom. The van der Waals surface area contributed by atoms with Gasteiger partial charge in [0, 0.05) is 0 Å². The van der Waals surface area contributed by atoms with E-state index in [0.29, 0.717) is 17.9 Å². The lowest BCUT2D eigenvalue weighted by molar-refractivity contribution is -0.123. The van der Waals surface area contributed by atoms with Crippen LogP contribution < -0.4 is 15.5 Å². The van der Waals surface area contributed by atoms with Crippen LogP contribution in [0.1, 0.15) is 35.3 Å². The zero-order valence-corrected chi connectivity index (χ0v) is 18.8. The molecule has 1 atom stereocenters. The van der Waals surface area contributed by atoms with E-state index >= 15 is 0 Å². The molecular weight excluding hydrogens is 440 g/mol. The summed E-state index contributed by atoms with van der Waals surface area (Å²) in [6, 6.07) is 17.7. The molecule has 6 nitrogen and oxygen atoms in total. The molecule has 0 aromatic heterocycles. The molecule has 0 saturated heterocycles. The molecule has 176 valence electrons. The van der Waals surface area contributed by atoms with Gasteiger partial charge in [-0.25, -0.2) is 14.2 Å². The summed E-state index contributed by atoms with van der Waals surface area (Å²) in [5.41, 5.74) is 3.83. The summed E-state index contributed by atoms with van der Waals surface area (Å²) in [5, 5.41) is 6.51. The molecule has 0 aliphatic rings. The quantitative estimate of drug-likeness (QED) is 0.362. The Bertz CT molecular complexity index is 1150. The number of carbonyl (C=O) groups is 2. The highest BCUT2D eigenvalue weighted by molar-refractivity contribution is 5.98. The van der Waals surface area contributed by atoms with Crippen LogP contribution in [0.5, 0.6) is 5.75 Å². The highest BCUT2D eigenvalue weighted by Crippen LogP contribution is 2.14. The third-order valence-corrected chi connectivity index (χ3v) is 4.94. The van der Waals surface area contributed by atoms with Crippen LogP contribution in [0.2, 0.25) is 0 Å². The van der Waals surface area contributed by atoms with E-state index in [1.807, 2.05) is 0 Å². The Kier molecular flexibility index (Phi) is 8.45. The van der Waals surface area contributed by atoms with Crippen molar-refractivity contribution >= 4 is 18.0 Å². The molecule has 34 heavy (non-hydrogen) atoms. The van der Waals surface area contributed by atoms with E-state index < -0.39 is 23.7 Å². The molecule has 0 aliphatic heterocycles. The Hall–Kier alpha value is -4.07. The summed E-state index contributed by atoms with van der Waals surface area (Å²) in [7, 11) is 0. The van der Waals surface area contributed by atoms with E-state index in [-0.39, 0.29) is 17.3 Å². The number of nitrogens with zero attached hydrogens (tertiary/aromatic N) is 1. The van der Waals surface area contributed by atoms with E-state index in [1.165, 1.54) is 36.5 Å². The van der Waals surface area contributed by atoms with Crippen molar-refractivity contribution in [3.05, 3.63) is 101 Å². The van der Waals surface area contributed by atoms with Gasteiger partial charge in [0.05, 0.1) is 11.8 Å². The Labute approximate surface area is 196 Å². The molecule has 1 unspecified atom stereocenters. The summed E-state index contributed by atoms with van der Waals surface area (Å²) in [6.45, 7) is 3.83. The van der Waals surface area contributed by atoms with Gasteiger partial charge in [0.15, 0.2) is 0 Å². The third kappa shape index (κ3) is 6.96. The number of hydrazone groups is 1. The van der Waals surface area contributed by atoms with Crippen molar-refractivity contribution < 1.29 is 23.1 Å². The largest absolute Gasteiger partial charge is 0.489 e. The van der Waals surface area contributed by atoms with Gasteiger partial charge in [-0.2, -0.15) is 5.10 Å². The SMILES string of the molecule is CC(C)C(NC(=O)c1ccccc1F)C(=O)N/N=C/c1ccc(OCc2ccc(F)cc2)cc1. The minimum Gasteiger partial charge on any atom is -0.489 e. The average Bonchev–Trinajstić information content (AvgIpc) is 2.83. The molecule has 0 fully saturated rings. The summed E-state index contributed by atoms with van der Waals surface area (Å²) in [5.74, 6) is -1.77. The predicted octanol–water partition coefficient (Wildman–Crippen LogP) is 4.45. The summed E-state index contributed by atoms with van der Waals surface area (Å²) in [6.07, 6.45) is 1.46. The van der Waals surface area contributed by atoms with Gasteiger partial charge in [-0.05, 0) is 65.6 Å². The smallest absolute Gasteiger partial charge is 0.262 e. The average molecular weight is 466 g/mol. The number of benzene rings is 3. The van der Waals surface area contributed by atoms with Gasteiger partial charge in [0.1, 0.15) is 30.0 Å². The van der Waals surface area contributed by atoms with Crippen molar-refractivity contribution in [2.45, 2.75) is 26.5 Å². The molecule has 0 spiro atoms. The van der Waals surface area contributed by atoms with Crippen LogP contribution in [0.15, 0.2) is 77.9 Å². The number of rotatable bonds is 9. The first-order valence-corrected chi connectivity index (χ1v) is 10.7. The highest BCUT2D eigenvalue weighted by atomic mass is 19.1. The van der Waals surface area contributed by atoms with E-state index in [4.69, 9.17) is 4.74 Å². The van der Waals surface area contributed by atoms with Crippen LogP contribution in [0, 0.1) is 17.6 Å². The van der Waals surface area contributed by atoms with Crippen molar-refractivity contribution in [1.82, 2.24) is 10.7 Å². The third-order valence-electron chi connectivity index (χ3n) is 4.94. The first-order valence-electron chi connectivity index (χ1n) is 10.7. The number of nitrogens with one attached hydrogen (secondary N) is 2. The monoisotopic (exact) mass is 465 g/mol. The maximum atomic E-state index is 13.9. The number of hydrogen-bond donors (Lipinski definition) is 2. The molecule has 2 amide bonds. The summed E-state index contributed by atoms with van der Waals surface area (Å²) >= 11 is 0. The number of ether oxygens (including phenoxy) is 1. The lowest BCUT2D eigenvalue weighted by Crippen LogP contribution is -2.48. The van der Waals surface area contributed by atoms with Crippen LogP contribution in [0.4, 0.5) is 8.78 Å². The van der Waals surface area contributed by atoms with Crippen molar-refractivity contribution in [3.63, 3.8) is 0 Å². The topological polar surface area (TPSA) is 79.8 Å². The van der Waals surface area contributed by atoms with E-state index in [9.17, 15) is 18.4 Å². The Morgan fingerprint density at radius 1 is 0.971 bits per heavy atom. The highest BCUT2D eigenvalue weighted by Gasteiger charge is 2.25. The zero-order chi connectivity index (χ0) is 24.5. The number of hydrogen-bond acceptors (Lipinski definition) is 4. The van der Waals surface area contributed by atoms with Crippen LogP contribution in [-0.4, -0.2) is 24.1 Å². The van der Waals surface area contributed by atoms with Gasteiger partial charge < -0.3 is 10.1 Å². The summed E-state index contributed by atoms with van der Waals surface area (Å²) in [4.78, 5) is 24.9. The Balaban J connectivity index is 1.53. The predicted molar refractivity (Wildman–Crippen MR) is 125 cm³/mol. The molecule has 3 aromatic rings. The first kappa shape index (κ1) is 24.6. The maximum Gasteiger partial charge on any atom is 0.262 e. The second-order valence-corrected chi connectivity index (χ2v) is 7.89. The molecule has 0 bridgehead atoms. The molecule has 8 heteroatoms. The molecule has 0 saturated carbocycles. The first-order chi connectivity index (χ1) is 16.3. The molecule has 3 rings (SSSR count). The van der Waals surface area contributed by atoms with Crippen molar-refractivity contribution in [2.24, 2.45) is 11.0 Å². The van der Waals surface area contributed by atoms with Crippen molar-refractivity contribution in [2.75, 3.05) is 0 Å². The van der Waals surface area contributed by atoms with Gasteiger partial charge in [0.25, 0.3) is 11.8 Å². The fraction of sp³-hybridized carbons (Fsp3) is 0.192. The molecular formula is C26H25F2N3O3. The minimum absolute atomic E-state index is 0.133. The molecule has 2 N–H and O–H groups in total. The molecule has 0 aliphatic carbocycles. The van der Waals surface area contributed by atoms with Crippen LogP contribution in [-0.2, 0) is 11.4 Å². The fourth-order valence-electron chi connectivity index (χ4n) is 3.04. The van der Waals surface area contributed by atoms with E-state index in [2.05, 4.69) is 15.8 Å². The second kappa shape index (κ2) is 11.7. The van der Waals surface area contributed by atoms with Gasteiger partial charge in [0.2, 0.25) is 0 Å². The number of carbonyl (C=O) groups excluding carboxylic acids is 2. The van der Waals surface area contributed by atoms with E-state index in [0.717, 1.165) is 5.56 Å². The van der Waals surface area contributed by atoms with Gasteiger partial charge in [-0.3, -0.25) is 9.59 Å². The number of halogens is 2. The number of amides is 2. The lowest BCUT2D eigenvalue weighted by atomic mass is 10.0. The zero-order valence-electron chi connectivity index (χ0n) is 18.8. The van der Waals surface area contributed by atoms with Crippen LogP contribution >= 0.6 is 0 Å². The molecule has 0 heterocycles.